The summed E-state index contributed by atoms with van der Waals surface area (Å²) in [7, 11) is 0. The fraction of sp³-hybridized carbons (Fsp3) is 1.00. The van der Waals surface area contributed by atoms with Crippen LogP contribution in [0, 0.1) is 11.3 Å². The lowest BCUT2D eigenvalue weighted by Crippen LogP contribution is -2.41. The Morgan fingerprint density at radius 1 is 1.42 bits per heavy atom. The van der Waals surface area contributed by atoms with Crippen molar-refractivity contribution in [2.24, 2.45) is 11.3 Å². The summed E-state index contributed by atoms with van der Waals surface area (Å²) in [6, 6.07) is 0. The van der Waals surface area contributed by atoms with E-state index >= 15 is 0 Å². The van der Waals surface area contributed by atoms with Gasteiger partial charge in [-0.25, -0.2) is 0 Å². The molecule has 0 aromatic rings. The zero-order chi connectivity index (χ0) is 14.5. The highest BCUT2D eigenvalue weighted by atomic mass is 32.2. The highest BCUT2D eigenvalue weighted by molar-refractivity contribution is 8.00. The lowest BCUT2D eigenvalue weighted by Gasteiger charge is -2.33. The Balaban J connectivity index is 2.46. The molecule has 0 saturated carbocycles. The van der Waals surface area contributed by atoms with Gasteiger partial charge in [-0.05, 0) is 32.2 Å². The number of ether oxygens (including phenoxy) is 1. The van der Waals surface area contributed by atoms with Gasteiger partial charge >= 0.3 is 5.51 Å². The predicted molar refractivity (Wildman–Crippen MR) is 73.3 cm³/mol. The number of rotatable bonds is 7. The summed E-state index contributed by atoms with van der Waals surface area (Å²) in [5.41, 5.74) is -4.28. The van der Waals surface area contributed by atoms with Gasteiger partial charge in [-0.3, -0.25) is 0 Å². The van der Waals surface area contributed by atoms with Gasteiger partial charge in [0.1, 0.15) is 0 Å². The van der Waals surface area contributed by atoms with E-state index in [1.54, 1.807) is 0 Å². The summed E-state index contributed by atoms with van der Waals surface area (Å²) in [6.45, 7) is 8.50. The van der Waals surface area contributed by atoms with Crippen LogP contribution in [0.5, 0.6) is 0 Å². The van der Waals surface area contributed by atoms with Gasteiger partial charge in [-0.1, -0.05) is 25.6 Å². The van der Waals surface area contributed by atoms with Crippen molar-refractivity contribution in [3.63, 3.8) is 0 Å². The highest BCUT2D eigenvalue weighted by Gasteiger charge is 2.41. The molecule has 1 heterocycles. The molecular formula is C13H24F3NOS. The standard InChI is InChI=1S/C13H24F3NOS/c1-10(2)8-17-9-12(4-6-18-11(12)3)5-7-19-13(14,15)16/h10-11,17H,4-9H2,1-3H3. The smallest absolute Gasteiger partial charge is 0.378 e. The number of alkyl halides is 3. The lowest BCUT2D eigenvalue weighted by molar-refractivity contribution is -0.0330. The third-order valence-electron chi connectivity index (χ3n) is 3.73. The van der Waals surface area contributed by atoms with Crippen LogP contribution in [0.1, 0.15) is 33.6 Å². The number of nitrogens with one attached hydrogen (secondary N) is 1. The Hall–Kier alpha value is 0.0600. The number of hydrogen-bond acceptors (Lipinski definition) is 3. The molecule has 1 aliphatic heterocycles. The van der Waals surface area contributed by atoms with E-state index < -0.39 is 5.51 Å². The summed E-state index contributed by atoms with van der Waals surface area (Å²) in [6.07, 6.45) is 1.42. The molecule has 2 atom stereocenters. The van der Waals surface area contributed by atoms with Gasteiger partial charge in [-0.15, -0.1) is 0 Å². The van der Waals surface area contributed by atoms with E-state index in [-0.39, 0.29) is 29.0 Å². The third-order valence-corrected chi connectivity index (χ3v) is 4.46. The van der Waals surface area contributed by atoms with Gasteiger partial charge in [0.05, 0.1) is 6.10 Å². The van der Waals surface area contributed by atoms with Gasteiger partial charge in [0.2, 0.25) is 0 Å². The molecule has 1 fully saturated rings. The van der Waals surface area contributed by atoms with Crippen molar-refractivity contribution in [3.05, 3.63) is 0 Å². The molecule has 1 rings (SSSR count). The maximum Gasteiger partial charge on any atom is 0.441 e. The molecule has 0 spiro atoms. The van der Waals surface area contributed by atoms with Gasteiger partial charge in [-0.2, -0.15) is 13.2 Å². The molecule has 2 nitrogen and oxygen atoms in total. The molecule has 0 aromatic heterocycles. The summed E-state index contributed by atoms with van der Waals surface area (Å²) >= 11 is 0.0774. The second kappa shape index (κ2) is 7.18. The van der Waals surface area contributed by atoms with Crippen LogP contribution in [0.3, 0.4) is 0 Å². The topological polar surface area (TPSA) is 21.3 Å². The van der Waals surface area contributed by atoms with E-state index in [2.05, 4.69) is 19.2 Å². The summed E-state index contributed by atoms with van der Waals surface area (Å²) in [5.74, 6) is 0.653. The molecule has 0 aliphatic carbocycles. The highest BCUT2D eigenvalue weighted by Crippen LogP contribution is 2.41. The molecule has 0 bridgehead atoms. The normalized spacial score (nSPS) is 28.3. The van der Waals surface area contributed by atoms with Gasteiger partial charge in [0, 0.05) is 24.3 Å². The second-order valence-corrected chi connectivity index (χ2v) is 6.85. The maximum atomic E-state index is 12.2. The largest absolute Gasteiger partial charge is 0.441 e. The van der Waals surface area contributed by atoms with Gasteiger partial charge in [0.25, 0.3) is 0 Å². The molecule has 0 amide bonds. The Kier molecular flexibility index (Phi) is 6.47. The van der Waals surface area contributed by atoms with Crippen LogP contribution in [-0.2, 0) is 4.74 Å². The first-order valence-corrected chi connectivity index (χ1v) is 7.77. The second-order valence-electron chi connectivity index (χ2n) is 5.69. The zero-order valence-electron chi connectivity index (χ0n) is 11.8. The molecule has 2 unspecified atom stereocenters. The van der Waals surface area contributed by atoms with Crippen molar-refractivity contribution < 1.29 is 17.9 Å². The first-order valence-electron chi connectivity index (χ1n) is 6.78. The first kappa shape index (κ1) is 17.1. The quantitative estimate of drug-likeness (QED) is 0.775. The minimum absolute atomic E-state index is 0.0287. The lowest BCUT2D eigenvalue weighted by atomic mass is 9.79. The minimum atomic E-state index is -4.13. The van der Waals surface area contributed by atoms with Crippen LogP contribution in [0.25, 0.3) is 0 Å². The maximum absolute atomic E-state index is 12.2. The fourth-order valence-electron chi connectivity index (χ4n) is 2.45. The molecule has 1 N–H and O–H groups in total. The van der Waals surface area contributed by atoms with Gasteiger partial charge in [0.15, 0.2) is 0 Å². The summed E-state index contributed by atoms with van der Waals surface area (Å²) in [4.78, 5) is 0. The number of thioether (sulfide) groups is 1. The Morgan fingerprint density at radius 3 is 2.58 bits per heavy atom. The number of hydrogen-bond donors (Lipinski definition) is 1. The Labute approximate surface area is 117 Å². The van der Waals surface area contributed by atoms with E-state index in [0.29, 0.717) is 18.9 Å². The van der Waals surface area contributed by atoms with Crippen LogP contribution in [-0.4, -0.2) is 37.1 Å². The molecule has 1 aliphatic rings. The molecule has 1 saturated heterocycles. The monoisotopic (exact) mass is 299 g/mol. The van der Waals surface area contributed by atoms with E-state index in [4.69, 9.17) is 4.74 Å². The van der Waals surface area contributed by atoms with Crippen LogP contribution >= 0.6 is 11.8 Å². The van der Waals surface area contributed by atoms with Crippen LogP contribution in [0.4, 0.5) is 13.2 Å². The first-order chi connectivity index (χ1) is 8.75. The van der Waals surface area contributed by atoms with Crippen molar-refractivity contribution >= 4 is 11.8 Å². The Morgan fingerprint density at radius 2 is 2.11 bits per heavy atom. The van der Waals surface area contributed by atoms with Crippen LogP contribution in [0.2, 0.25) is 0 Å². The van der Waals surface area contributed by atoms with Crippen LogP contribution < -0.4 is 5.32 Å². The van der Waals surface area contributed by atoms with Crippen molar-refractivity contribution in [1.82, 2.24) is 5.32 Å². The third kappa shape index (κ3) is 5.92. The average Bonchev–Trinajstić information content (AvgIpc) is 2.58. The Bertz CT molecular complexity index is 273. The molecule has 0 radical (unpaired) electrons. The van der Waals surface area contributed by atoms with E-state index in [1.807, 2.05) is 6.92 Å². The van der Waals surface area contributed by atoms with E-state index in [0.717, 1.165) is 19.5 Å². The van der Waals surface area contributed by atoms with Gasteiger partial charge < -0.3 is 10.1 Å². The van der Waals surface area contributed by atoms with Crippen molar-refractivity contribution in [3.8, 4) is 0 Å². The predicted octanol–water partition coefficient (Wildman–Crippen LogP) is 3.67. The summed E-state index contributed by atoms with van der Waals surface area (Å²) in [5, 5.41) is 3.38. The molecule has 114 valence electrons. The zero-order valence-corrected chi connectivity index (χ0v) is 12.7. The molecule has 6 heteroatoms. The SMILES string of the molecule is CC(C)CNCC1(CCSC(F)(F)F)CCOC1C. The average molecular weight is 299 g/mol. The van der Waals surface area contributed by atoms with E-state index in [9.17, 15) is 13.2 Å². The van der Waals surface area contributed by atoms with Crippen LogP contribution in [0.15, 0.2) is 0 Å². The molecule has 0 aromatic carbocycles. The van der Waals surface area contributed by atoms with Crippen molar-refractivity contribution in [1.29, 1.82) is 0 Å². The minimum Gasteiger partial charge on any atom is -0.378 e. The number of halogens is 3. The summed E-state index contributed by atoms with van der Waals surface area (Å²) < 4.78 is 42.3. The van der Waals surface area contributed by atoms with Crippen molar-refractivity contribution in [2.75, 3.05) is 25.4 Å². The fourth-order valence-corrected chi connectivity index (χ4v) is 3.19. The van der Waals surface area contributed by atoms with Crippen molar-refractivity contribution in [2.45, 2.75) is 45.2 Å². The molecular weight excluding hydrogens is 275 g/mol. The molecule has 19 heavy (non-hydrogen) atoms. The van der Waals surface area contributed by atoms with E-state index in [1.165, 1.54) is 0 Å².